The van der Waals surface area contributed by atoms with Crippen molar-refractivity contribution in [3.8, 4) is 0 Å². The molecule has 0 atom stereocenters. The van der Waals surface area contributed by atoms with Gasteiger partial charge in [-0.2, -0.15) is 0 Å². The van der Waals surface area contributed by atoms with Gasteiger partial charge in [0.1, 0.15) is 0 Å². The van der Waals surface area contributed by atoms with Gasteiger partial charge < -0.3 is 11.1 Å². The highest BCUT2D eigenvalue weighted by atomic mass is 35.5. The van der Waals surface area contributed by atoms with E-state index in [1.54, 1.807) is 0 Å². The number of halogens is 2. The van der Waals surface area contributed by atoms with E-state index in [1.807, 2.05) is 20.8 Å². The predicted octanol–water partition coefficient (Wildman–Crippen LogP) is 3.35. The SMILES string of the molecule is CC(C)(C)CNC(=O)c1cc(N)cc(Cl)c1Cl. The molecule has 94 valence electrons. The highest BCUT2D eigenvalue weighted by molar-refractivity contribution is 6.44. The Morgan fingerprint density at radius 2 is 1.94 bits per heavy atom. The summed E-state index contributed by atoms with van der Waals surface area (Å²) in [4.78, 5) is 11.9. The molecule has 0 fully saturated rings. The fourth-order valence-electron chi connectivity index (χ4n) is 1.22. The van der Waals surface area contributed by atoms with Crippen molar-refractivity contribution in [1.82, 2.24) is 5.32 Å². The lowest BCUT2D eigenvalue weighted by atomic mass is 9.97. The van der Waals surface area contributed by atoms with Gasteiger partial charge in [-0.1, -0.05) is 44.0 Å². The molecule has 0 aliphatic rings. The number of nitrogens with one attached hydrogen (secondary N) is 1. The van der Waals surface area contributed by atoms with E-state index in [2.05, 4.69) is 5.32 Å². The van der Waals surface area contributed by atoms with Crippen LogP contribution in [-0.2, 0) is 0 Å². The van der Waals surface area contributed by atoms with Crippen molar-refractivity contribution >= 4 is 34.8 Å². The molecule has 0 bridgehead atoms. The molecule has 0 saturated heterocycles. The van der Waals surface area contributed by atoms with Crippen LogP contribution >= 0.6 is 23.2 Å². The van der Waals surface area contributed by atoms with Crippen molar-refractivity contribution in [2.45, 2.75) is 20.8 Å². The zero-order valence-electron chi connectivity index (χ0n) is 10.1. The molecule has 0 heterocycles. The standard InChI is InChI=1S/C12H16Cl2N2O/c1-12(2,3)6-16-11(17)8-4-7(15)5-9(13)10(8)14/h4-5H,6,15H2,1-3H3,(H,16,17). The van der Waals surface area contributed by atoms with Crippen LogP contribution < -0.4 is 11.1 Å². The minimum atomic E-state index is -0.265. The van der Waals surface area contributed by atoms with Crippen molar-refractivity contribution in [3.63, 3.8) is 0 Å². The van der Waals surface area contributed by atoms with E-state index in [0.717, 1.165) is 0 Å². The average molecular weight is 275 g/mol. The third-order valence-electron chi connectivity index (χ3n) is 2.07. The Hall–Kier alpha value is -0.930. The van der Waals surface area contributed by atoms with E-state index in [4.69, 9.17) is 28.9 Å². The van der Waals surface area contributed by atoms with Crippen LogP contribution in [0.5, 0.6) is 0 Å². The molecule has 0 aromatic heterocycles. The lowest BCUT2D eigenvalue weighted by Gasteiger charge is -2.19. The molecule has 1 amide bonds. The second-order valence-electron chi connectivity index (χ2n) is 5.11. The first-order valence-corrected chi connectivity index (χ1v) is 5.99. The normalized spacial score (nSPS) is 11.4. The quantitative estimate of drug-likeness (QED) is 0.813. The highest BCUT2D eigenvalue weighted by Gasteiger charge is 2.17. The van der Waals surface area contributed by atoms with E-state index >= 15 is 0 Å². The number of carbonyl (C=O) groups excluding carboxylic acids is 1. The Labute approximate surface area is 111 Å². The molecule has 3 nitrogen and oxygen atoms in total. The first kappa shape index (κ1) is 14.1. The van der Waals surface area contributed by atoms with Gasteiger partial charge in [-0.15, -0.1) is 0 Å². The number of anilines is 1. The van der Waals surface area contributed by atoms with Gasteiger partial charge in [0, 0.05) is 12.2 Å². The summed E-state index contributed by atoms with van der Waals surface area (Å²) < 4.78 is 0. The van der Waals surface area contributed by atoms with Gasteiger partial charge in [0.05, 0.1) is 15.6 Å². The van der Waals surface area contributed by atoms with Gasteiger partial charge in [0.15, 0.2) is 0 Å². The first-order valence-electron chi connectivity index (χ1n) is 5.23. The van der Waals surface area contributed by atoms with E-state index in [0.29, 0.717) is 17.8 Å². The van der Waals surface area contributed by atoms with Gasteiger partial charge in [0.2, 0.25) is 0 Å². The van der Waals surface area contributed by atoms with Crippen LogP contribution in [0.25, 0.3) is 0 Å². The van der Waals surface area contributed by atoms with Crippen LogP contribution in [0, 0.1) is 5.41 Å². The summed E-state index contributed by atoms with van der Waals surface area (Å²) in [6, 6.07) is 3.04. The van der Waals surface area contributed by atoms with Crippen LogP contribution in [0.1, 0.15) is 31.1 Å². The third-order valence-corrected chi connectivity index (χ3v) is 2.88. The maximum absolute atomic E-state index is 11.9. The van der Waals surface area contributed by atoms with Gasteiger partial charge >= 0.3 is 0 Å². The molecule has 17 heavy (non-hydrogen) atoms. The van der Waals surface area contributed by atoms with Gasteiger partial charge in [0.25, 0.3) is 5.91 Å². The molecule has 1 aromatic carbocycles. The Morgan fingerprint density at radius 1 is 1.35 bits per heavy atom. The summed E-state index contributed by atoms with van der Waals surface area (Å²) in [6.07, 6.45) is 0. The molecule has 0 radical (unpaired) electrons. The van der Waals surface area contributed by atoms with Crippen LogP contribution in [0.2, 0.25) is 10.0 Å². The molecule has 1 aromatic rings. The van der Waals surface area contributed by atoms with Crippen molar-refractivity contribution in [3.05, 3.63) is 27.7 Å². The number of nitrogens with two attached hydrogens (primary N) is 1. The van der Waals surface area contributed by atoms with Crippen molar-refractivity contribution in [1.29, 1.82) is 0 Å². The van der Waals surface area contributed by atoms with E-state index in [-0.39, 0.29) is 21.4 Å². The van der Waals surface area contributed by atoms with Crippen LogP contribution in [0.3, 0.4) is 0 Å². The lowest BCUT2D eigenvalue weighted by Crippen LogP contribution is -2.32. The lowest BCUT2D eigenvalue weighted by molar-refractivity contribution is 0.0939. The van der Waals surface area contributed by atoms with Crippen LogP contribution in [0.15, 0.2) is 12.1 Å². The second-order valence-corrected chi connectivity index (χ2v) is 5.89. The predicted molar refractivity (Wildman–Crippen MR) is 72.7 cm³/mol. The van der Waals surface area contributed by atoms with E-state index < -0.39 is 0 Å². The van der Waals surface area contributed by atoms with Crippen molar-refractivity contribution in [2.24, 2.45) is 5.41 Å². The van der Waals surface area contributed by atoms with E-state index in [9.17, 15) is 4.79 Å². The average Bonchev–Trinajstić information content (AvgIpc) is 2.19. The fraction of sp³-hybridized carbons (Fsp3) is 0.417. The Morgan fingerprint density at radius 3 is 2.47 bits per heavy atom. The molecule has 3 N–H and O–H groups in total. The zero-order valence-corrected chi connectivity index (χ0v) is 11.6. The first-order chi connectivity index (χ1) is 7.70. The summed E-state index contributed by atoms with van der Waals surface area (Å²) in [5.41, 5.74) is 6.35. The van der Waals surface area contributed by atoms with Gasteiger partial charge in [-0.05, 0) is 17.5 Å². The third kappa shape index (κ3) is 4.10. The number of hydrogen-bond acceptors (Lipinski definition) is 2. The number of rotatable bonds is 2. The maximum Gasteiger partial charge on any atom is 0.252 e. The molecule has 0 aliphatic carbocycles. The summed E-state index contributed by atoms with van der Waals surface area (Å²) >= 11 is 11.8. The number of amides is 1. The summed E-state index contributed by atoms with van der Waals surface area (Å²) in [5.74, 6) is -0.265. The highest BCUT2D eigenvalue weighted by Crippen LogP contribution is 2.28. The van der Waals surface area contributed by atoms with Crippen LogP contribution in [-0.4, -0.2) is 12.5 Å². The smallest absolute Gasteiger partial charge is 0.252 e. The molecule has 0 saturated carbocycles. The molecular formula is C12H16Cl2N2O. The van der Waals surface area contributed by atoms with Crippen molar-refractivity contribution < 1.29 is 4.79 Å². The van der Waals surface area contributed by atoms with Gasteiger partial charge in [-0.25, -0.2) is 0 Å². The largest absolute Gasteiger partial charge is 0.399 e. The minimum absolute atomic E-state index is 0.00621. The Bertz CT molecular complexity index is 439. The van der Waals surface area contributed by atoms with E-state index in [1.165, 1.54) is 12.1 Å². The molecular weight excluding hydrogens is 259 g/mol. The Balaban J connectivity index is 2.90. The summed E-state index contributed by atoms with van der Waals surface area (Å²) in [7, 11) is 0. The zero-order chi connectivity index (χ0) is 13.2. The van der Waals surface area contributed by atoms with Crippen LogP contribution in [0.4, 0.5) is 5.69 Å². The monoisotopic (exact) mass is 274 g/mol. The van der Waals surface area contributed by atoms with Crippen molar-refractivity contribution in [2.75, 3.05) is 12.3 Å². The summed E-state index contributed by atoms with van der Waals surface area (Å²) in [5, 5.41) is 3.31. The summed E-state index contributed by atoms with van der Waals surface area (Å²) in [6.45, 7) is 6.64. The second kappa shape index (κ2) is 5.15. The topological polar surface area (TPSA) is 55.1 Å². The number of nitrogen functional groups attached to an aromatic ring is 1. The number of carbonyl (C=O) groups is 1. The minimum Gasteiger partial charge on any atom is -0.399 e. The molecule has 0 spiro atoms. The van der Waals surface area contributed by atoms with Gasteiger partial charge in [-0.3, -0.25) is 4.79 Å². The number of hydrogen-bond donors (Lipinski definition) is 2. The Kier molecular flexibility index (Phi) is 4.28. The molecule has 0 aliphatic heterocycles. The fourth-order valence-corrected chi connectivity index (χ4v) is 1.64. The number of benzene rings is 1. The molecule has 1 rings (SSSR count). The molecule has 0 unspecified atom stereocenters. The maximum atomic E-state index is 11.9. The molecule has 5 heteroatoms.